The van der Waals surface area contributed by atoms with Crippen LogP contribution in [0.1, 0.15) is 40.2 Å². The van der Waals surface area contributed by atoms with Crippen molar-refractivity contribution in [2.75, 3.05) is 13.8 Å². The summed E-state index contributed by atoms with van der Waals surface area (Å²) in [5, 5.41) is 0.289. The van der Waals surface area contributed by atoms with E-state index < -0.39 is 29.7 Å². The second-order valence-corrected chi connectivity index (χ2v) is 11.3. The molecule has 1 aliphatic carbocycles. The van der Waals surface area contributed by atoms with Crippen LogP contribution in [0.4, 0.5) is 13.2 Å². The summed E-state index contributed by atoms with van der Waals surface area (Å²) in [7, 11) is 1.32. The molecule has 2 aromatic heterocycles. The molecule has 6 nitrogen and oxygen atoms in total. The van der Waals surface area contributed by atoms with Gasteiger partial charge in [0, 0.05) is 40.6 Å². The lowest BCUT2D eigenvalue weighted by Gasteiger charge is -2.16. The molecule has 2 heterocycles. The molecule has 1 aliphatic rings. The lowest BCUT2D eigenvalue weighted by Crippen LogP contribution is -2.16. The van der Waals surface area contributed by atoms with Crippen molar-refractivity contribution in [1.82, 2.24) is 14.5 Å². The third-order valence-corrected chi connectivity index (χ3v) is 8.00. The largest absolute Gasteiger partial charge is 0.473 e. The first-order chi connectivity index (χ1) is 20.8. The maximum Gasteiger partial charge on any atom is 0.337 e. The van der Waals surface area contributed by atoms with Crippen LogP contribution in [-0.2, 0) is 24.3 Å². The molecule has 220 valence electrons. The summed E-state index contributed by atoms with van der Waals surface area (Å²) >= 11 is 5.81. The SMILES string of the molecule is COC(=O)c1ccc2nc(Cc3ccc(-c4cccc(OCc5ccc(Cl)cc5F)n4)c(F)c3)n(CC3(CF)CC3)c2c1. The number of carbonyl (C=O) groups is 1. The van der Waals surface area contributed by atoms with Crippen LogP contribution in [0.5, 0.6) is 5.88 Å². The van der Waals surface area contributed by atoms with Crippen LogP contribution in [0.25, 0.3) is 22.3 Å². The monoisotopic (exact) mass is 605 g/mol. The first-order valence-corrected chi connectivity index (χ1v) is 14.1. The van der Waals surface area contributed by atoms with Gasteiger partial charge in [-0.3, -0.25) is 4.39 Å². The van der Waals surface area contributed by atoms with Crippen LogP contribution in [0.2, 0.25) is 5.02 Å². The molecule has 1 fully saturated rings. The van der Waals surface area contributed by atoms with Gasteiger partial charge < -0.3 is 14.0 Å². The molecular weight excluding hydrogens is 579 g/mol. The Morgan fingerprint density at radius 3 is 2.56 bits per heavy atom. The first-order valence-electron chi connectivity index (χ1n) is 13.7. The molecule has 5 aromatic rings. The van der Waals surface area contributed by atoms with Gasteiger partial charge in [-0.25, -0.2) is 23.5 Å². The summed E-state index contributed by atoms with van der Waals surface area (Å²) < 4.78 is 56.0. The summed E-state index contributed by atoms with van der Waals surface area (Å²) in [5.41, 5.74) is 2.91. The van der Waals surface area contributed by atoms with Crippen molar-refractivity contribution in [1.29, 1.82) is 0 Å². The summed E-state index contributed by atoms with van der Waals surface area (Å²) in [6.07, 6.45) is 1.84. The van der Waals surface area contributed by atoms with E-state index in [-0.39, 0.29) is 23.1 Å². The van der Waals surface area contributed by atoms with Crippen molar-refractivity contribution in [3.05, 3.63) is 112 Å². The predicted octanol–water partition coefficient (Wildman–Crippen LogP) is 7.74. The Morgan fingerprint density at radius 2 is 1.84 bits per heavy atom. The Hall–Kier alpha value is -4.37. The van der Waals surface area contributed by atoms with E-state index in [1.807, 2.05) is 4.57 Å². The number of nitrogens with zero attached hydrogens (tertiary/aromatic N) is 3. The van der Waals surface area contributed by atoms with Gasteiger partial charge in [0.15, 0.2) is 0 Å². The molecule has 3 aromatic carbocycles. The van der Waals surface area contributed by atoms with Crippen molar-refractivity contribution in [3.8, 4) is 17.1 Å². The van der Waals surface area contributed by atoms with E-state index in [1.165, 1.54) is 25.3 Å². The number of hydrogen-bond acceptors (Lipinski definition) is 5. The number of pyridine rings is 1. The minimum absolute atomic E-state index is 0.0628. The Balaban J connectivity index is 1.25. The Labute approximate surface area is 251 Å². The number of carbonyl (C=O) groups excluding carboxylic acids is 1. The van der Waals surface area contributed by atoms with Gasteiger partial charge in [-0.15, -0.1) is 0 Å². The topological polar surface area (TPSA) is 66.2 Å². The average Bonchev–Trinajstić information content (AvgIpc) is 3.71. The molecule has 0 aliphatic heterocycles. The Morgan fingerprint density at radius 1 is 1.00 bits per heavy atom. The van der Waals surface area contributed by atoms with E-state index in [0.29, 0.717) is 52.2 Å². The van der Waals surface area contributed by atoms with Crippen molar-refractivity contribution in [2.45, 2.75) is 32.4 Å². The summed E-state index contributed by atoms with van der Waals surface area (Å²) in [6, 6.07) is 19.2. The minimum atomic E-state index is -0.486. The zero-order valence-electron chi connectivity index (χ0n) is 23.2. The van der Waals surface area contributed by atoms with Gasteiger partial charge in [0.05, 0.1) is 36.1 Å². The lowest BCUT2D eigenvalue weighted by molar-refractivity contribution is 0.0601. The molecule has 6 rings (SSSR count). The minimum Gasteiger partial charge on any atom is -0.473 e. The van der Waals surface area contributed by atoms with E-state index in [4.69, 9.17) is 26.1 Å². The van der Waals surface area contributed by atoms with E-state index >= 15 is 4.39 Å². The fourth-order valence-corrected chi connectivity index (χ4v) is 5.23. The maximum absolute atomic E-state index is 15.5. The Kier molecular flexibility index (Phi) is 7.83. The van der Waals surface area contributed by atoms with E-state index in [1.54, 1.807) is 54.6 Å². The van der Waals surface area contributed by atoms with Crippen LogP contribution < -0.4 is 4.74 Å². The highest BCUT2D eigenvalue weighted by molar-refractivity contribution is 6.30. The van der Waals surface area contributed by atoms with Crippen LogP contribution in [0.15, 0.2) is 72.8 Å². The number of aromatic nitrogens is 3. The summed E-state index contributed by atoms with van der Waals surface area (Å²) in [4.78, 5) is 21.3. The van der Waals surface area contributed by atoms with E-state index in [9.17, 15) is 13.6 Å². The highest BCUT2D eigenvalue weighted by Crippen LogP contribution is 2.48. The van der Waals surface area contributed by atoms with Gasteiger partial charge in [-0.2, -0.15) is 0 Å². The normalized spacial score (nSPS) is 13.7. The van der Waals surface area contributed by atoms with Crippen LogP contribution in [0.3, 0.4) is 0 Å². The molecule has 0 radical (unpaired) electrons. The molecule has 10 heteroatoms. The predicted molar refractivity (Wildman–Crippen MR) is 157 cm³/mol. The number of ether oxygens (including phenoxy) is 2. The average molecular weight is 606 g/mol. The summed E-state index contributed by atoms with van der Waals surface area (Å²) in [5.74, 6) is -0.575. The number of benzene rings is 3. The first kappa shape index (κ1) is 28.7. The fourth-order valence-electron chi connectivity index (χ4n) is 5.07. The molecule has 1 saturated carbocycles. The third kappa shape index (κ3) is 6.08. The summed E-state index contributed by atoms with van der Waals surface area (Å²) in [6.45, 7) is -0.0968. The zero-order chi connectivity index (χ0) is 30.1. The lowest BCUT2D eigenvalue weighted by atomic mass is 10.0. The second kappa shape index (κ2) is 11.7. The molecular formula is C33H27ClF3N3O3. The van der Waals surface area contributed by atoms with Gasteiger partial charge >= 0.3 is 5.97 Å². The van der Waals surface area contributed by atoms with Crippen LogP contribution in [0, 0.1) is 17.0 Å². The highest BCUT2D eigenvalue weighted by Gasteiger charge is 2.43. The van der Waals surface area contributed by atoms with Gasteiger partial charge in [-0.05, 0) is 66.9 Å². The number of hydrogen-bond donors (Lipinski definition) is 0. The zero-order valence-corrected chi connectivity index (χ0v) is 24.0. The van der Waals surface area contributed by atoms with Crippen molar-refractivity contribution < 1.29 is 27.4 Å². The molecule has 43 heavy (non-hydrogen) atoms. The smallest absolute Gasteiger partial charge is 0.337 e. The van der Waals surface area contributed by atoms with Crippen LogP contribution >= 0.6 is 11.6 Å². The standard InChI is InChI=1S/C33H27ClF3N3O3/c1-42-32(41)21-7-10-28-29(15-21)40(19-33(18-35)11-12-33)30(38-28)14-20-5-9-24(26(37)13-20)27-3-2-4-31(39-27)43-17-22-6-8-23(34)16-25(22)36/h2-10,13,15-16H,11-12,14,17-19H2,1H3. The molecule has 0 bridgehead atoms. The third-order valence-electron chi connectivity index (χ3n) is 7.77. The van der Waals surface area contributed by atoms with Gasteiger partial charge in [0.1, 0.15) is 24.1 Å². The van der Waals surface area contributed by atoms with Crippen molar-refractivity contribution in [3.63, 3.8) is 0 Å². The van der Waals surface area contributed by atoms with Gasteiger partial charge in [0.2, 0.25) is 5.88 Å². The van der Waals surface area contributed by atoms with Gasteiger partial charge in [0.25, 0.3) is 0 Å². The number of alkyl halides is 1. The molecule has 0 unspecified atom stereocenters. The van der Waals surface area contributed by atoms with E-state index in [0.717, 1.165) is 12.8 Å². The molecule has 0 N–H and O–H groups in total. The van der Waals surface area contributed by atoms with Crippen molar-refractivity contribution >= 4 is 28.6 Å². The Bertz CT molecular complexity index is 1840. The number of rotatable bonds is 10. The number of halogens is 4. The number of esters is 1. The second-order valence-electron chi connectivity index (χ2n) is 10.8. The quantitative estimate of drug-likeness (QED) is 0.152. The van der Waals surface area contributed by atoms with Gasteiger partial charge in [-0.1, -0.05) is 29.8 Å². The molecule has 0 spiro atoms. The number of fused-ring (bicyclic) bond motifs is 1. The highest BCUT2D eigenvalue weighted by atomic mass is 35.5. The number of methoxy groups -OCH3 is 1. The van der Waals surface area contributed by atoms with Crippen LogP contribution in [-0.4, -0.2) is 34.3 Å². The molecule has 0 amide bonds. The molecule has 0 atom stereocenters. The van der Waals surface area contributed by atoms with Crippen molar-refractivity contribution in [2.24, 2.45) is 5.41 Å². The maximum atomic E-state index is 15.5. The van der Waals surface area contributed by atoms with E-state index in [2.05, 4.69) is 4.98 Å². The fraction of sp³-hybridized carbons (Fsp3) is 0.242. The molecule has 0 saturated heterocycles. The number of imidazole rings is 1.